The number of halogens is 4. The summed E-state index contributed by atoms with van der Waals surface area (Å²) in [5.41, 5.74) is -1.52. The lowest BCUT2D eigenvalue weighted by Crippen LogP contribution is -2.14. The number of alkyl halides is 3. The molecule has 0 spiro atoms. The minimum atomic E-state index is -4.56. The molecule has 0 aliphatic heterocycles. The van der Waals surface area contributed by atoms with Gasteiger partial charge in [0.2, 0.25) is 0 Å². The molecule has 0 fully saturated rings. The SMILES string of the molecule is CCC(=O)c1ncc(Br)cc1C(F)(F)F. The summed E-state index contributed by atoms with van der Waals surface area (Å²) in [5.74, 6) is -0.616. The number of ketones is 1. The molecule has 0 saturated heterocycles. The van der Waals surface area contributed by atoms with Crippen molar-refractivity contribution in [2.45, 2.75) is 19.5 Å². The van der Waals surface area contributed by atoms with Gasteiger partial charge in [-0.15, -0.1) is 0 Å². The summed E-state index contributed by atoms with van der Waals surface area (Å²) < 4.78 is 37.7. The van der Waals surface area contributed by atoms with E-state index >= 15 is 0 Å². The summed E-state index contributed by atoms with van der Waals surface area (Å²) in [6, 6.07) is 0.857. The van der Waals surface area contributed by atoms with Crippen LogP contribution in [0.4, 0.5) is 13.2 Å². The minimum absolute atomic E-state index is 0.00227. The first-order valence-electron chi connectivity index (χ1n) is 4.12. The van der Waals surface area contributed by atoms with Gasteiger partial charge in [-0.2, -0.15) is 13.2 Å². The molecule has 0 saturated carbocycles. The second kappa shape index (κ2) is 4.30. The lowest BCUT2D eigenvalue weighted by molar-refractivity contribution is -0.138. The highest BCUT2D eigenvalue weighted by Gasteiger charge is 2.35. The van der Waals surface area contributed by atoms with E-state index in [1.807, 2.05) is 0 Å². The topological polar surface area (TPSA) is 30.0 Å². The van der Waals surface area contributed by atoms with Crippen molar-refractivity contribution in [3.05, 3.63) is 28.0 Å². The van der Waals surface area contributed by atoms with Gasteiger partial charge in [-0.05, 0) is 22.0 Å². The number of nitrogens with zero attached hydrogens (tertiary/aromatic N) is 1. The third-order valence-electron chi connectivity index (χ3n) is 1.74. The first-order valence-corrected chi connectivity index (χ1v) is 4.91. The van der Waals surface area contributed by atoms with E-state index in [0.717, 1.165) is 6.07 Å². The van der Waals surface area contributed by atoms with Crippen molar-refractivity contribution in [3.63, 3.8) is 0 Å². The van der Waals surface area contributed by atoms with Gasteiger partial charge in [-0.25, -0.2) is 0 Å². The number of hydrogen-bond acceptors (Lipinski definition) is 2. The van der Waals surface area contributed by atoms with Gasteiger partial charge >= 0.3 is 6.18 Å². The molecule has 1 heterocycles. The highest BCUT2D eigenvalue weighted by molar-refractivity contribution is 9.10. The Hall–Kier alpha value is -0.910. The molecular weight excluding hydrogens is 275 g/mol. The molecule has 1 aromatic heterocycles. The Morgan fingerprint density at radius 2 is 2.13 bits per heavy atom. The van der Waals surface area contributed by atoms with Crippen LogP contribution in [0.2, 0.25) is 0 Å². The van der Waals surface area contributed by atoms with Gasteiger partial charge in [0, 0.05) is 17.1 Å². The number of rotatable bonds is 2. The Bertz CT molecular complexity index is 389. The Labute approximate surface area is 92.6 Å². The monoisotopic (exact) mass is 281 g/mol. The van der Waals surface area contributed by atoms with Gasteiger partial charge in [0.1, 0.15) is 5.69 Å². The summed E-state index contributed by atoms with van der Waals surface area (Å²) in [6.45, 7) is 1.49. The molecule has 0 amide bonds. The number of Topliss-reactive ketones (excluding diaryl/α,β-unsaturated/α-hetero) is 1. The summed E-state index contributed by atoms with van der Waals surface area (Å²) in [6.07, 6.45) is -3.38. The lowest BCUT2D eigenvalue weighted by atomic mass is 10.1. The third kappa shape index (κ3) is 2.77. The Morgan fingerprint density at radius 3 is 2.60 bits per heavy atom. The van der Waals surface area contributed by atoms with E-state index in [-0.39, 0.29) is 10.9 Å². The van der Waals surface area contributed by atoms with E-state index in [1.54, 1.807) is 0 Å². The molecule has 82 valence electrons. The van der Waals surface area contributed by atoms with Gasteiger partial charge < -0.3 is 0 Å². The Balaban J connectivity index is 3.33. The molecule has 0 bridgehead atoms. The maximum Gasteiger partial charge on any atom is 0.418 e. The van der Waals surface area contributed by atoms with Crippen molar-refractivity contribution in [1.29, 1.82) is 0 Å². The first kappa shape index (κ1) is 12.2. The van der Waals surface area contributed by atoms with Gasteiger partial charge in [0.25, 0.3) is 0 Å². The van der Waals surface area contributed by atoms with Crippen LogP contribution in [-0.4, -0.2) is 10.8 Å². The predicted octanol–water partition coefficient (Wildman–Crippen LogP) is 3.46. The van der Waals surface area contributed by atoms with Crippen LogP contribution in [0.25, 0.3) is 0 Å². The summed E-state index contributed by atoms with van der Waals surface area (Å²) in [4.78, 5) is 14.7. The van der Waals surface area contributed by atoms with E-state index in [1.165, 1.54) is 13.1 Å². The van der Waals surface area contributed by atoms with Crippen LogP contribution in [0.5, 0.6) is 0 Å². The van der Waals surface area contributed by atoms with Gasteiger partial charge in [-0.1, -0.05) is 6.92 Å². The lowest BCUT2D eigenvalue weighted by Gasteiger charge is -2.10. The van der Waals surface area contributed by atoms with Crippen molar-refractivity contribution < 1.29 is 18.0 Å². The fourth-order valence-corrected chi connectivity index (χ4v) is 1.38. The van der Waals surface area contributed by atoms with Crippen LogP contribution in [0.1, 0.15) is 29.4 Å². The smallest absolute Gasteiger partial charge is 0.292 e. The minimum Gasteiger partial charge on any atom is -0.292 e. The van der Waals surface area contributed by atoms with Crippen molar-refractivity contribution in [1.82, 2.24) is 4.98 Å². The molecule has 0 aliphatic rings. The average Bonchev–Trinajstić information content (AvgIpc) is 2.15. The maximum absolute atomic E-state index is 12.5. The van der Waals surface area contributed by atoms with Crippen LogP contribution in [0.3, 0.4) is 0 Å². The summed E-state index contributed by atoms with van der Waals surface area (Å²) in [5, 5.41) is 0. The standard InChI is InChI=1S/C9H7BrF3NO/c1-2-7(15)8-6(9(11,12)13)3-5(10)4-14-8/h3-4H,2H2,1H3. The molecule has 2 nitrogen and oxygen atoms in total. The number of hydrogen-bond donors (Lipinski definition) is 0. The fourth-order valence-electron chi connectivity index (χ4n) is 1.05. The second-order valence-corrected chi connectivity index (χ2v) is 3.74. The molecule has 1 rings (SSSR count). The van der Waals surface area contributed by atoms with Crippen molar-refractivity contribution in [3.8, 4) is 0 Å². The van der Waals surface area contributed by atoms with Gasteiger partial charge in [-0.3, -0.25) is 9.78 Å². The summed E-state index contributed by atoms with van der Waals surface area (Å²) in [7, 11) is 0. The molecule has 1 aromatic rings. The van der Waals surface area contributed by atoms with Crippen LogP contribution in [-0.2, 0) is 6.18 Å². The molecule has 15 heavy (non-hydrogen) atoms. The molecule has 0 aliphatic carbocycles. The molecule has 0 aromatic carbocycles. The van der Waals surface area contributed by atoms with Crippen molar-refractivity contribution in [2.24, 2.45) is 0 Å². The molecule has 0 N–H and O–H groups in total. The van der Waals surface area contributed by atoms with E-state index in [2.05, 4.69) is 20.9 Å². The van der Waals surface area contributed by atoms with E-state index < -0.39 is 23.2 Å². The fraction of sp³-hybridized carbons (Fsp3) is 0.333. The molecular formula is C9H7BrF3NO. The molecule has 0 atom stereocenters. The third-order valence-corrected chi connectivity index (χ3v) is 2.18. The number of aromatic nitrogens is 1. The van der Waals surface area contributed by atoms with Crippen LogP contribution in [0, 0.1) is 0 Å². The highest BCUT2D eigenvalue weighted by atomic mass is 79.9. The van der Waals surface area contributed by atoms with E-state index in [9.17, 15) is 18.0 Å². The predicted molar refractivity (Wildman–Crippen MR) is 51.6 cm³/mol. The van der Waals surface area contributed by atoms with Crippen molar-refractivity contribution in [2.75, 3.05) is 0 Å². The van der Waals surface area contributed by atoms with Crippen LogP contribution in [0.15, 0.2) is 16.7 Å². The zero-order valence-electron chi connectivity index (χ0n) is 7.73. The first-order chi connectivity index (χ1) is 6.86. The molecule has 0 radical (unpaired) electrons. The Morgan fingerprint density at radius 1 is 1.53 bits per heavy atom. The van der Waals surface area contributed by atoms with Crippen LogP contribution < -0.4 is 0 Å². The molecule has 6 heteroatoms. The van der Waals surface area contributed by atoms with Crippen LogP contribution >= 0.6 is 15.9 Å². The van der Waals surface area contributed by atoms with E-state index in [4.69, 9.17) is 0 Å². The maximum atomic E-state index is 12.5. The van der Waals surface area contributed by atoms with Gasteiger partial charge in [0.05, 0.1) is 5.56 Å². The quantitative estimate of drug-likeness (QED) is 0.777. The normalized spacial score (nSPS) is 11.5. The number of carbonyl (C=O) groups is 1. The zero-order valence-corrected chi connectivity index (χ0v) is 9.32. The van der Waals surface area contributed by atoms with Gasteiger partial charge in [0.15, 0.2) is 5.78 Å². The number of carbonyl (C=O) groups excluding carboxylic acids is 1. The second-order valence-electron chi connectivity index (χ2n) is 2.82. The summed E-state index contributed by atoms with van der Waals surface area (Å²) >= 11 is 2.89. The van der Waals surface area contributed by atoms with Crippen molar-refractivity contribution >= 4 is 21.7 Å². The highest BCUT2D eigenvalue weighted by Crippen LogP contribution is 2.33. The largest absolute Gasteiger partial charge is 0.418 e. The van der Waals surface area contributed by atoms with E-state index in [0.29, 0.717) is 0 Å². The zero-order chi connectivity index (χ0) is 11.6. The average molecular weight is 282 g/mol. The number of pyridine rings is 1. The molecule has 0 unspecified atom stereocenters. The Kier molecular flexibility index (Phi) is 3.49.